The van der Waals surface area contributed by atoms with Crippen molar-refractivity contribution in [1.29, 1.82) is 0 Å². The number of hydrogen-bond acceptors (Lipinski definition) is 4. The van der Waals surface area contributed by atoms with Gasteiger partial charge in [-0.15, -0.1) is 0 Å². The molecule has 0 heterocycles. The Balaban J connectivity index is 3.64. The van der Waals surface area contributed by atoms with E-state index in [1.807, 2.05) is 12.1 Å². The zero-order valence-electron chi connectivity index (χ0n) is 15.6. The van der Waals surface area contributed by atoms with E-state index in [1.54, 1.807) is 0 Å². The maximum absolute atomic E-state index is 9.69. The molecule has 0 fully saturated rings. The summed E-state index contributed by atoms with van der Waals surface area (Å²) >= 11 is 4.70. The normalized spacial score (nSPS) is 16.6. The summed E-state index contributed by atoms with van der Waals surface area (Å²) in [5.74, 6) is -0.742. The molecule has 0 aliphatic heterocycles. The summed E-state index contributed by atoms with van der Waals surface area (Å²) in [5.41, 5.74) is 2.73. The summed E-state index contributed by atoms with van der Waals surface area (Å²) in [7, 11) is -1.37. The Labute approximate surface area is 151 Å². The summed E-state index contributed by atoms with van der Waals surface area (Å²) in [5, 5.41) is 9.69. The Bertz CT molecular complexity index is 516. The van der Waals surface area contributed by atoms with Crippen molar-refractivity contribution in [2.24, 2.45) is 5.41 Å². The lowest BCUT2D eigenvalue weighted by Gasteiger charge is -2.45. The monoisotopic (exact) mass is 372 g/mol. The highest BCUT2D eigenvalue weighted by Crippen LogP contribution is 2.45. The maximum atomic E-state index is 9.69. The predicted octanol–water partition coefficient (Wildman–Crippen LogP) is 2.84. The fraction of sp³-hybridized carbons (Fsp3) is 0.647. The fourth-order valence-electron chi connectivity index (χ4n) is 2.81. The fourth-order valence-corrected chi connectivity index (χ4v) is 5.28. The Morgan fingerprint density at radius 1 is 0.957 bits per heavy atom. The van der Waals surface area contributed by atoms with E-state index in [2.05, 4.69) is 53.8 Å². The van der Waals surface area contributed by atoms with Crippen molar-refractivity contribution in [1.82, 2.24) is 0 Å². The topological polar surface area (TPSA) is 38.7 Å². The minimum atomic E-state index is -0.742. The van der Waals surface area contributed by atoms with Gasteiger partial charge in [-0.1, -0.05) is 39.9 Å². The second-order valence-corrected chi connectivity index (χ2v) is 10.2. The van der Waals surface area contributed by atoms with Crippen LogP contribution in [0, 0.1) is 5.41 Å². The Morgan fingerprint density at radius 3 is 1.78 bits per heavy atom. The summed E-state index contributed by atoms with van der Waals surface area (Å²) in [6.45, 7) is 14.8. The minimum absolute atomic E-state index is 0.00196. The summed E-state index contributed by atoms with van der Waals surface area (Å²) in [6.07, 6.45) is 0. The third-order valence-corrected chi connectivity index (χ3v) is 5.59. The van der Waals surface area contributed by atoms with Crippen molar-refractivity contribution >= 4 is 32.2 Å². The van der Waals surface area contributed by atoms with Crippen LogP contribution in [-0.2, 0) is 26.0 Å². The van der Waals surface area contributed by atoms with Gasteiger partial charge in [0, 0.05) is 15.7 Å². The number of benzene rings is 1. The minimum Gasteiger partial charge on any atom is -0.394 e. The molecule has 1 rings (SSSR count). The molecule has 0 radical (unpaired) electrons. The molecular weight excluding hydrogens is 340 g/mol. The Kier molecular flexibility index (Phi) is 7.14. The molecule has 1 N–H and O–H groups in total. The van der Waals surface area contributed by atoms with Gasteiger partial charge in [-0.25, -0.2) is 0 Å². The number of aliphatic hydroxyl groups excluding tert-OH is 1. The second-order valence-electron chi connectivity index (χ2n) is 7.37. The van der Waals surface area contributed by atoms with E-state index in [0.717, 1.165) is 16.7 Å². The lowest BCUT2D eigenvalue weighted by atomic mass is 9.79. The predicted molar refractivity (Wildman–Crippen MR) is 106 cm³/mol. The molecule has 23 heavy (non-hydrogen) atoms. The molecule has 3 nitrogen and oxygen atoms in total. The van der Waals surface area contributed by atoms with Crippen LogP contribution in [0.4, 0.5) is 0 Å². The van der Waals surface area contributed by atoms with Crippen LogP contribution >= 0.6 is 12.6 Å². The van der Waals surface area contributed by atoms with E-state index in [9.17, 15) is 5.11 Å². The van der Waals surface area contributed by atoms with Crippen LogP contribution in [0.25, 0.3) is 0 Å². The van der Waals surface area contributed by atoms with Crippen molar-refractivity contribution in [3.63, 3.8) is 0 Å². The highest BCUT2D eigenvalue weighted by atomic mass is 32.1. The second kappa shape index (κ2) is 7.84. The van der Waals surface area contributed by atoms with E-state index < -0.39 is 25.3 Å². The molecular formula is C17H32O3SSi2. The first-order valence-electron chi connectivity index (χ1n) is 8.28. The first-order chi connectivity index (χ1) is 10.5. The highest BCUT2D eigenvalue weighted by molar-refractivity contribution is 7.81. The average Bonchev–Trinajstić information content (AvgIpc) is 2.44. The van der Waals surface area contributed by atoms with Gasteiger partial charge in [0.25, 0.3) is 0 Å². The number of thiol groups is 1. The van der Waals surface area contributed by atoms with Gasteiger partial charge in [0.05, 0.1) is 6.61 Å². The van der Waals surface area contributed by atoms with Gasteiger partial charge in [-0.05, 0) is 37.1 Å². The van der Waals surface area contributed by atoms with Gasteiger partial charge in [0.2, 0.25) is 0 Å². The molecule has 0 bridgehead atoms. The number of aliphatic hydroxyl groups is 1. The molecule has 0 spiro atoms. The Hall–Kier alpha value is -0.116. The zero-order chi connectivity index (χ0) is 17.9. The molecule has 0 aliphatic rings. The van der Waals surface area contributed by atoms with Crippen molar-refractivity contribution in [2.75, 3.05) is 0 Å². The molecule has 132 valence electrons. The molecule has 0 amide bonds. The van der Waals surface area contributed by atoms with E-state index in [-0.39, 0.29) is 16.8 Å². The van der Waals surface area contributed by atoms with E-state index in [0.29, 0.717) is 0 Å². The average molecular weight is 373 g/mol. The lowest BCUT2D eigenvalue weighted by Crippen LogP contribution is -2.46. The van der Waals surface area contributed by atoms with E-state index in [4.69, 9.17) is 21.5 Å². The quantitative estimate of drug-likeness (QED) is 0.439. The van der Waals surface area contributed by atoms with Crippen LogP contribution in [0.2, 0.25) is 13.1 Å². The van der Waals surface area contributed by atoms with Gasteiger partial charge in [-0.3, -0.25) is 0 Å². The first kappa shape index (κ1) is 20.9. The van der Waals surface area contributed by atoms with Gasteiger partial charge in [-0.2, -0.15) is 12.6 Å². The summed E-state index contributed by atoms with van der Waals surface area (Å²) in [6, 6.07) is 6.16. The molecule has 0 unspecified atom stereocenters. The largest absolute Gasteiger partial charge is 0.394 e. The van der Waals surface area contributed by atoms with Gasteiger partial charge >= 0.3 is 0 Å². The standard InChI is InChI=1S/C17H32O3SSi2/c1-15(2,3)17(19-22-6,20-23-7)14-9-12(11-18)8-13(10-14)16(4,5)21/h8-10,18,21H,11,22-23H2,1-7H3. The third-order valence-electron chi connectivity index (χ3n) is 3.94. The van der Waals surface area contributed by atoms with Crippen LogP contribution in [0.1, 0.15) is 51.3 Å². The number of hydrogen-bond donors (Lipinski definition) is 2. The van der Waals surface area contributed by atoms with Crippen LogP contribution in [-0.4, -0.2) is 24.6 Å². The van der Waals surface area contributed by atoms with Crippen molar-refractivity contribution in [2.45, 2.75) is 64.9 Å². The van der Waals surface area contributed by atoms with Gasteiger partial charge < -0.3 is 14.0 Å². The van der Waals surface area contributed by atoms with Crippen molar-refractivity contribution in [3.05, 3.63) is 34.9 Å². The molecule has 1 aromatic rings. The third kappa shape index (κ3) is 4.70. The number of rotatable bonds is 7. The van der Waals surface area contributed by atoms with Crippen molar-refractivity contribution in [3.8, 4) is 0 Å². The summed E-state index contributed by atoms with van der Waals surface area (Å²) < 4.78 is 12.4. The maximum Gasteiger partial charge on any atom is 0.180 e. The van der Waals surface area contributed by atoms with Crippen molar-refractivity contribution < 1.29 is 14.0 Å². The first-order valence-corrected chi connectivity index (χ1v) is 12.7. The van der Waals surface area contributed by atoms with Gasteiger partial charge in [0.15, 0.2) is 25.3 Å². The molecule has 0 atom stereocenters. The van der Waals surface area contributed by atoms with Crippen LogP contribution in [0.5, 0.6) is 0 Å². The van der Waals surface area contributed by atoms with Crippen LogP contribution in [0.15, 0.2) is 18.2 Å². The molecule has 0 aliphatic carbocycles. The molecule has 1 aromatic carbocycles. The Morgan fingerprint density at radius 2 is 1.43 bits per heavy atom. The zero-order valence-corrected chi connectivity index (χ0v) is 19.3. The van der Waals surface area contributed by atoms with Crippen LogP contribution < -0.4 is 0 Å². The molecule has 6 heteroatoms. The molecule has 0 aromatic heterocycles. The van der Waals surface area contributed by atoms with Crippen LogP contribution in [0.3, 0.4) is 0 Å². The molecule has 0 saturated carbocycles. The molecule has 0 saturated heterocycles. The highest BCUT2D eigenvalue weighted by Gasteiger charge is 2.45. The SMILES string of the molecule is C[SiH2]OC(O[SiH2]C)(c1cc(CO)cc(C(C)(C)S)c1)C(C)(C)C. The van der Waals surface area contributed by atoms with Gasteiger partial charge in [0.1, 0.15) is 0 Å². The lowest BCUT2D eigenvalue weighted by molar-refractivity contribution is -0.196. The van der Waals surface area contributed by atoms with E-state index >= 15 is 0 Å². The summed E-state index contributed by atoms with van der Waals surface area (Å²) in [4.78, 5) is 0. The smallest absolute Gasteiger partial charge is 0.180 e. The van der Waals surface area contributed by atoms with E-state index in [1.165, 1.54) is 0 Å².